The lowest BCUT2D eigenvalue weighted by Crippen LogP contribution is -2.41. The zero-order chi connectivity index (χ0) is 14.6. The third-order valence-electron chi connectivity index (χ3n) is 2.92. The van der Waals surface area contributed by atoms with Gasteiger partial charge in [-0.1, -0.05) is 0 Å². The van der Waals surface area contributed by atoms with Gasteiger partial charge in [0, 0.05) is 19.2 Å². The van der Waals surface area contributed by atoms with Crippen LogP contribution in [-0.4, -0.2) is 41.7 Å². The molecule has 0 unspecified atom stereocenters. The van der Waals surface area contributed by atoms with E-state index in [1.54, 1.807) is 13.8 Å². The first kappa shape index (κ1) is 15.2. The molecule has 106 valence electrons. The van der Waals surface area contributed by atoms with Gasteiger partial charge >= 0.3 is 5.97 Å². The summed E-state index contributed by atoms with van der Waals surface area (Å²) in [6.45, 7) is 7.64. The molecule has 0 aromatic carbocycles. The molecule has 0 aliphatic rings. The predicted molar refractivity (Wildman–Crippen MR) is 75.3 cm³/mol. The fraction of sp³-hybridized carbons (Fsp3) is 0.615. The van der Waals surface area contributed by atoms with Crippen molar-refractivity contribution in [1.82, 2.24) is 9.97 Å². The second-order valence-electron chi connectivity index (χ2n) is 5.21. The number of carbonyl (C=O) groups is 1. The van der Waals surface area contributed by atoms with Crippen molar-refractivity contribution in [3.63, 3.8) is 0 Å². The van der Waals surface area contributed by atoms with Crippen LogP contribution in [-0.2, 0) is 9.53 Å². The Balaban J connectivity index is 2.92. The van der Waals surface area contributed by atoms with Crippen LogP contribution in [0.3, 0.4) is 0 Å². The van der Waals surface area contributed by atoms with Crippen LogP contribution in [0.4, 0.5) is 11.6 Å². The normalized spacial score (nSPS) is 11.3. The minimum atomic E-state index is -0.837. The van der Waals surface area contributed by atoms with Crippen molar-refractivity contribution in [2.45, 2.75) is 39.3 Å². The van der Waals surface area contributed by atoms with E-state index in [1.165, 1.54) is 13.4 Å². The maximum Gasteiger partial charge on any atom is 0.330 e. The van der Waals surface area contributed by atoms with E-state index in [1.807, 2.05) is 18.0 Å². The number of anilines is 2. The molecule has 19 heavy (non-hydrogen) atoms. The number of ether oxygens (including phenoxy) is 1. The molecule has 0 aliphatic carbocycles. The van der Waals surface area contributed by atoms with Crippen LogP contribution in [0.15, 0.2) is 12.4 Å². The molecule has 1 heterocycles. The Morgan fingerprint density at radius 1 is 1.42 bits per heavy atom. The van der Waals surface area contributed by atoms with Gasteiger partial charge in [0.05, 0.1) is 7.11 Å². The van der Waals surface area contributed by atoms with Gasteiger partial charge in [0.25, 0.3) is 0 Å². The lowest BCUT2D eigenvalue weighted by Gasteiger charge is -2.26. The highest BCUT2D eigenvalue weighted by Gasteiger charge is 2.29. The fourth-order valence-electron chi connectivity index (χ4n) is 1.50. The lowest BCUT2D eigenvalue weighted by molar-refractivity contribution is -0.144. The molecule has 0 fully saturated rings. The van der Waals surface area contributed by atoms with Gasteiger partial charge in [-0.3, -0.25) is 0 Å². The molecular weight excluding hydrogens is 244 g/mol. The maximum atomic E-state index is 11.6. The topological polar surface area (TPSA) is 67.3 Å². The summed E-state index contributed by atoms with van der Waals surface area (Å²) in [4.78, 5) is 22.0. The number of nitrogens with one attached hydrogen (secondary N) is 1. The highest BCUT2D eigenvalue weighted by atomic mass is 16.5. The lowest BCUT2D eigenvalue weighted by atomic mass is 10.1. The monoisotopic (exact) mass is 266 g/mol. The summed E-state index contributed by atoms with van der Waals surface area (Å²) in [5.74, 6) is 1.05. The molecule has 1 aromatic rings. The van der Waals surface area contributed by atoms with Crippen LogP contribution in [0.2, 0.25) is 0 Å². The molecular formula is C13H22N4O2. The standard InChI is InChI=1S/C13H22N4O2/c1-9(2)17(5)11-7-10(14-8-15-11)16-13(3,4)12(18)19-6/h7-9H,1-6H3,(H,14,15,16). The van der Waals surface area contributed by atoms with Crippen LogP contribution >= 0.6 is 0 Å². The van der Waals surface area contributed by atoms with E-state index in [0.717, 1.165) is 5.82 Å². The number of rotatable bonds is 5. The molecule has 0 radical (unpaired) electrons. The molecule has 1 rings (SSSR count). The van der Waals surface area contributed by atoms with E-state index in [-0.39, 0.29) is 5.97 Å². The third-order valence-corrected chi connectivity index (χ3v) is 2.92. The predicted octanol–water partition coefficient (Wildman–Crippen LogP) is 1.68. The van der Waals surface area contributed by atoms with E-state index in [2.05, 4.69) is 29.1 Å². The van der Waals surface area contributed by atoms with Gasteiger partial charge in [-0.15, -0.1) is 0 Å². The van der Waals surface area contributed by atoms with E-state index >= 15 is 0 Å². The molecule has 6 nitrogen and oxygen atoms in total. The van der Waals surface area contributed by atoms with Crippen molar-refractivity contribution in [3.8, 4) is 0 Å². The number of hydrogen-bond donors (Lipinski definition) is 1. The van der Waals surface area contributed by atoms with Crippen LogP contribution in [0, 0.1) is 0 Å². The Morgan fingerprint density at radius 3 is 2.58 bits per heavy atom. The summed E-state index contributed by atoms with van der Waals surface area (Å²) in [6, 6.07) is 2.14. The molecule has 1 aromatic heterocycles. The van der Waals surface area contributed by atoms with Crippen LogP contribution in [0.5, 0.6) is 0 Å². The first-order valence-corrected chi connectivity index (χ1v) is 6.19. The number of methoxy groups -OCH3 is 1. The Hall–Kier alpha value is -1.85. The largest absolute Gasteiger partial charge is 0.467 e. The van der Waals surface area contributed by atoms with Gasteiger partial charge in [0.2, 0.25) is 0 Å². The van der Waals surface area contributed by atoms with Crippen molar-refractivity contribution < 1.29 is 9.53 Å². The molecule has 0 saturated carbocycles. The first-order chi connectivity index (χ1) is 8.77. The molecule has 0 saturated heterocycles. The first-order valence-electron chi connectivity index (χ1n) is 6.19. The van der Waals surface area contributed by atoms with E-state index in [9.17, 15) is 4.79 Å². The SMILES string of the molecule is COC(=O)C(C)(C)Nc1cc(N(C)C(C)C)ncn1. The molecule has 0 aliphatic heterocycles. The number of carbonyl (C=O) groups excluding carboxylic acids is 1. The van der Waals surface area contributed by atoms with Crippen molar-refractivity contribution in [3.05, 3.63) is 12.4 Å². The zero-order valence-corrected chi connectivity index (χ0v) is 12.4. The van der Waals surface area contributed by atoms with Crippen LogP contribution < -0.4 is 10.2 Å². The summed E-state index contributed by atoms with van der Waals surface area (Å²) >= 11 is 0. The molecule has 0 bridgehead atoms. The van der Waals surface area contributed by atoms with Gasteiger partial charge in [-0.25, -0.2) is 14.8 Å². The average molecular weight is 266 g/mol. The van der Waals surface area contributed by atoms with Gasteiger partial charge in [-0.2, -0.15) is 0 Å². The number of hydrogen-bond acceptors (Lipinski definition) is 6. The van der Waals surface area contributed by atoms with Crippen LogP contribution in [0.25, 0.3) is 0 Å². The second kappa shape index (κ2) is 5.86. The number of aromatic nitrogens is 2. The van der Waals surface area contributed by atoms with Gasteiger partial charge < -0.3 is 15.0 Å². The highest BCUT2D eigenvalue weighted by molar-refractivity contribution is 5.83. The van der Waals surface area contributed by atoms with Crippen molar-refractivity contribution >= 4 is 17.6 Å². The number of nitrogens with zero attached hydrogens (tertiary/aromatic N) is 3. The Bertz CT molecular complexity index is 446. The number of esters is 1. The highest BCUT2D eigenvalue weighted by Crippen LogP contribution is 2.18. The fourth-order valence-corrected chi connectivity index (χ4v) is 1.50. The van der Waals surface area contributed by atoms with E-state index in [0.29, 0.717) is 11.9 Å². The minimum absolute atomic E-state index is 0.330. The van der Waals surface area contributed by atoms with Crippen molar-refractivity contribution in [1.29, 1.82) is 0 Å². The summed E-state index contributed by atoms with van der Waals surface area (Å²) in [7, 11) is 3.33. The molecule has 0 amide bonds. The van der Waals surface area contributed by atoms with Gasteiger partial charge in [0.15, 0.2) is 0 Å². The zero-order valence-electron chi connectivity index (χ0n) is 12.4. The van der Waals surface area contributed by atoms with Gasteiger partial charge in [-0.05, 0) is 27.7 Å². The summed E-state index contributed by atoms with van der Waals surface area (Å²) in [5, 5.41) is 3.05. The average Bonchev–Trinajstić information content (AvgIpc) is 2.36. The summed E-state index contributed by atoms with van der Waals surface area (Å²) < 4.78 is 4.75. The van der Waals surface area contributed by atoms with Crippen molar-refractivity contribution in [2.75, 3.05) is 24.4 Å². The quantitative estimate of drug-likeness (QED) is 0.818. The second-order valence-corrected chi connectivity index (χ2v) is 5.21. The smallest absolute Gasteiger partial charge is 0.330 e. The summed E-state index contributed by atoms with van der Waals surface area (Å²) in [5.41, 5.74) is -0.837. The summed E-state index contributed by atoms with van der Waals surface area (Å²) in [6.07, 6.45) is 1.48. The maximum absolute atomic E-state index is 11.6. The molecule has 6 heteroatoms. The van der Waals surface area contributed by atoms with Gasteiger partial charge in [0.1, 0.15) is 23.5 Å². The molecule has 1 N–H and O–H groups in total. The minimum Gasteiger partial charge on any atom is -0.467 e. The molecule has 0 spiro atoms. The van der Waals surface area contributed by atoms with Crippen LogP contribution in [0.1, 0.15) is 27.7 Å². The Kier molecular flexibility index (Phi) is 4.69. The Morgan fingerprint density at radius 2 is 2.05 bits per heavy atom. The van der Waals surface area contributed by atoms with E-state index < -0.39 is 5.54 Å². The Labute approximate surface area is 114 Å². The molecule has 0 atom stereocenters. The van der Waals surface area contributed by atoms with E-state index in [4.69, 9.17) is 4.74 Å². The third kappa shape index (κ3) is 3.81. The van der Waals surface area contributed by atoms with Crippen molar-refractivity contribution in [2.24, 2.45) is 0 Å².